The van der Waals surface area contributed by atoms with Crippen LogP contribution in [0.3, 0.4) is 0 Å². The topological polar surface area (TPSA) is 15.3 Å². The van der Waals surface area contributed by atoms with E-state index in [0.29, 0.717) is 4.75 Å². The molecule has 0 aromatic carbocycles. The Morgan fingerprint density at radius 3 is 2.81 bits per heavy atom. The van der Waals surface area contributed by atoms with E-state index in [9.17, 15) is 0 Å². The highest BCUT2D eigenvalue weighted by molar-refractivity contribution is 8.00. The zero-order chi connectivity index (χ0) is 11.4. The lowest BCUT2D eigenvalue weighted by Crippen LogP contribution is -2.44. The minimum Gasteiger partial charge on any atom is -0.317 e. The maximum absolute atomic E-state index is 3.48. The molecule has 2 aliphatic rings. The summed E-state index contributed by atoms with van der Waals surface area (Å²) in [6.45, 7) is 8.54. The second-order valence-corrected chi connectivity index (χ2v) is 6.71. The fraction of sp³-hybridized carbons (Fsp3) is 1.00. The van der Waals surface area contributed by atoms with Crippen molar-refractivity contribution < 1.29 is 0 Å². The van der Waals surface area contributed by atoms with Crippen LogP contribution in [0, 0.1) is 5.92 Å². The van der Waals surface area contributed by atoms with Crippen LogP contribution in [0.15, 0.2) is 0 Å². The van der Waals surface area contributed by atoms with Crippen LogP contribution < -0.4 is 5.32 Å². The maximum atomic E-state index is 3.48. The molecule has 3 heteroatoms. The Balaban J connectivity index is 1.72. The van der Waals surface area contributed by atoms with Gasteiger partial charge < -0.3 is 10.2 Å². The van der Waals surface area contributed by atoms with Gasteiger partial charge in [0.1, 0.15) is 0 Å². The Labute approximate surface area is 105 Å². The van der Waals surface area contributed by atoms with Crippen LogP contribution in [0.2, 0.25) is 0 Å². The quantitative estimate of drug-likeness (QED) is 0.769. The van der Waals surface area contributed by atoms with Gasteiger partial charge in [0.25, 0.3) is 0 Å². The Morgan fingerprint density at radius 2 is 2.25 bits per heavy atom. The van der Waals surface area contributed by atoms with Crippen molar-refractivity contribution in [1.82, 2.24) is 10.2 Å². The number of nitrogens with one attached hydrogen (secondary N) is 1. The normalized spacial score (nSPS) is 29.2. The number of nitrogens with zero attached hydrogens (tertiary/aromatic N) is 1. The molecule has 0 amide bonds. The van der Waals surface area contributed by atoms with E-state index in [4.69, 9.17) is 0 Å². The molecule has 2 nitrogen and oxygen atoms in total. The fourth-order valence-corrected chi connectivity index (χ4v) is 3.99. The van der Waals surface area contributed by atoms with Gasteiger partial charge in [-0.2, -0.15) is 11.8 Å². The summed E-state index contributed by atoms with van der Waals surface area (Å²) in [5.74, 6) is 0.902. The van der Waals surface area contributed by atoms with Gasteiger partial charge in [0.05, 0.1) is 0 Å². The van der Waals surface area contributed by atoms with Gasteiger partial charge in [0.15, 0.2) is 0 Å². The minimum absolute atomic E-state index is 0.632. The van der Waals surface area contributed by atoms with Crippen molar-refractivity contribution in [3.05, 3.63) is 0 Å². The van der Waals surface area contributed by atoms with Crippen LogP contribution in [0.5, 0.6) is 0 Å². The van der Waals surface area contributed by atoms with Crippen LogP contribution in [0.4, 0.5) is 0 Å². The van der Waals surface area contributed by atoms with Crippen LogP contribution in [-0.2, 0) is 0 Å². The third-order valence-corrected chi connectivity index (χ3v) is 5.67. The van der Waals surface area contributed by atoms with Crippen LogP contribution >= 0.6 is 11.8 Å². The zero-order valence-corrected chi connectivity index (χ0v) is 11.6. The second kappa shape index (κ2) is 5.74. The van der Waals surface area contributed by atoms with Gasteiger partial charge in [-0.3, -0.25) is 0 Å². The fourth-order valence-electron chi connectivity index (χ4n) is 2.98. The molecule has 1 saturated carbocycles. The largest absolute Gasteiger partial charge is 0.317 e. The van der Waals surface area contributed by atoms with Crippen molar-refractivity contribution in [3.63, 3.8) is 0 Å². The van der Waals surface area contributed by atoms with E-state index >= 15 is 0 Å². The summed E-state index contributed by atoms with van der Waals surface area (Å²) in [6, 6.07) is 0. The molecule has 0 bridgehead atoms. The molecule has 1 atom stereocenters. The molecule has 0 spiro atoms. The first-order valence-corrected chi connectivity index (χ1v) is 7.99. The molecule has 1 aliphatic heterocycles. The zero-order valence-electron chi connectivity index (χ0n) is 10.8. The van der Waals surface area contributed by atoms with Gasteiger partial charge in [-0.15, -0.1) is 0 Å². The Morgan fingerprint density at radius 1 is 1.44 bits per heavy atom. The Kier molecular flexibility index (Phi) is 4.57. The van der Waals surface area contributed by atoms with Crippen molar-refractivity contribution in [2.75, 3.05) is 39.0 Å². The number of rotatable bonds is 6. The summed E-state index contributed by atoms with van der Waals surface area (Å²) in [6.07, 6.45) is 8.05. The molecule has 2 fully saturated rings. The van der Waals surface area contributed by atoms with Crippen LogP contribution in [-0.4, -0.2) is 48.6 Å². The van der Waals surface area contributed by atoms with E-state index in [1.807, 2.05) is 0 Å². The standard InChI is InChI=1S/C13H26N2S/c1-3-14-9-12-5-8-15(10-12)11-13(16-2)6-4-7-13/h12,14H,3-11H2,1-2H3. The molecule has 0 aromatic heterocycles. The van der Waals surface area contributed by atoms with E-state index < -0.39 is 0 Å². The van der Waals surface area contributed by atoms with Gasteiger partial charge >= 0.3 is 0 Å². The maximum Gasteiger partial charge on any atom is 0.0284 e. The summed E-state index contributed by atoms with van der Waals surface area (Å²) >= 11 is 2.11. The SMILES string of the molecule is CCNCC1CCN(CC2(SC)CCC2)C1. The molecular formula is C13H26N2S. The third-order valence-electron chi connectivity index (χ3n) is 4.26. The first-order chi connectivity index (χ1) is 7.78. The summed E-state index contributed by atoms with van der Waals surface area (Å²) in [5, 5.41) is 3.48. The highest BCUT2D eigenvalue weighted by Gasteiger charge is 2.39. The smallest absolute Gasteiger partial charge is 0.0284 e. The molecule has 1 saturated heterocycles. The molecule has 2 rings (SSSR count). The van der Waals surface area contributed by atoms with E-state index in [1.54, 1.807) is 0 Å². The predicted molar refractivity (Wildman–Crippen MR) is 73.2 cm³/mol. The van der Waals surface area contributed by atoms with Crippen molar-refractivity contribution in [1.29, 1.82) is 0 Å². The van der Waals surface area contributed by atoms with E-state index in [2.05, 4.69) is 35.2 Å². The molecule has 1 unspecified atom stereocenters. The van der Waals surface area contributed by atoms with Gasteiger partial charge in [-0.1, -0.05) is 13.3 Å². The van der Waals surface area contributed by atoms with Gasteiger partial charge in [0, 0.05) is 17.8 Å². The van der Waals surface area contributed by atoms with Crippen molar-refractivity contribution in [2.45, 2.75) is 37.4 Å². The van der Waals surface area contributed by atoms with Gasteiger partial charge in [-0.25, -0.2) is 0 Å². The Hall–Kier alpha value is 0.270. The molecule has 94 valence electrons. The summed E-state index contributed by atoms with van der Waals surface area (Å²) in [7, 11) is 0. The van der Waals surface area contributed by atoms with E-state index in [0.717, 1.165) is 12.5 Å². The van der Waals surface area contributed by atoms with Gasteiger partial charge in [0.2, 0.25) is 0 Å². The number of thioether (sulfide) groups is 1. The number of likely N-dealkylation sites (tertiary alicyclic amines) is 1. The molecule has 0 aromatic rings. The van der Waals surface area contributed by atoms with E-state index in [1.165, 1.54) is 51.9 Å². The molecule has 1 N–H and O–H groups in total. The highest BCUT2D eigenvalue weighted by Crippen LogP contribution is 2.43. The summed E-state index contributed by atoms with van der Waals surface area (Å²) in [5.41, 5.74) is 0. The molecule has 1 heterocycles. The van der Waals surface area contributed by atoms with E-state index in [-0.39, 0.29) is 0 Å². The lowest BCUT2D eigenvalue weighted by molar-refractivity contribution is 0.228. The Bertz CT molecular complexity index is 210. The van der Waals surface area contributed by atoms with Crippen molar-refractivity contribution in [2.24, 2.45) is 5.92 Å². The minimum atomic E-state index is 0.632. The molecule has 0 radical (unpaired) electrons. The summed E-state index contributed by atoms with van der Waals surface area (Å²) < 4.78 is 0.632. The average molecular weight is 242 g/mol. The number of hydrogen-bond acceptors (Lipinski definition) is 3. The second-order valence-electron chi connectivity index (χ2n) is 5.44. The van der Waals surface area contributed by atoms with Crippen LogP contribution in [0.1, 0.15) is 32.6 Å². The molecule has 16 heavy (non-hydrogen) atoms. The highest BCUT2D eigenvalue weighted by atomic mass is 32.2. The lowest BCUT2D eigenvalue weighted by Gasteiger charge is -2.43. The predicted octanol–water partition coefficient (Wildman–Crippen LogP) is 2.20. The first-order valence-electron chi connectivity index (χ1n) is 6.76. The number of hydrogen-bond donors (Lipinski definition) is 1. The first kappa shape index (κ1) is 12.7. The third kappa shape index (κ3) is 2.93. The van der Waals surface area contributed by atoms with Gasteiger partial charge in [-0.05, 0) is 51.1 Å². The monoisotopic (exact) mass is 242 g/mol. The summed E-state index contributed by atoms with van der Waals surface area (Å²) in [4.78, 5) is 2.71. The lowest BCUT2D eigenvalue weighted by atomic mass is 9.84. The van der Waals surface area contributed by atoms with Crippen molar-refractivity contribution in [3.8, 4) is 0 Å². The average Bonchev–Trinajstić information content (AvgIpc) is 2.68. The van der Waals surface area contributed by atoms with Crippen LogP contribution in [0.25, 0.3) is 0 Å². The molecular weight excluding hydrogens is 216 g/mol. The van der Waals surface area contributed by atoms with Crippen molar-refractivity contribution >= 4 is 11.8 Å². The molecule has 1 aliphatic carbocycles.